The molecule has 25 heavy (non-hydrogen) atoms. The van der Waals surface area contributed by atoms with Gasteiger partial charge in [0.15, 0.2) is 6.61 Å². The van der Waals surface area contributed by atoms with Crippen LogP contribution >= 0.6 is 0 Å². The fourth-order valence-electron chi connectivity index (χ4n) is 4.53. The molecule has 0 bridgehead atoms. The Kier molecular flexibility index (Phi) is 7.56. The Labute approximate surface area is 147 Å². The van der Waals surface area contributed by atoms with E-state index in [0.717, 1.165) is 18.8 Å². The molecule has 2 aliphatic carbocycles. The standard InChI is InChI=1S/C19H30F4O2/c1-2-3-13-4-6-14(7-5-13)15-8-10-16(11-9-15)17(24)25-12-19(22,23)18(20)21/h13-16,18H,2-12H2,1H3/t13-,14-,15-,16-. The van der Waals surface area contributed by atoms with Crippen molar-refractivity contribution < 1.29 is 27.1 Å². The van der Waals surface area contributed by atoms with Gasteiger partial charge in [0, 0.05) is 0 Å². The lowest BCUT2D eigenvalue weighted by atomic mass is 9.69. The molecule has 2 rings (SSSR count). The van der Waals surface area contributed by atoms with Crippen molar-refractivity contribution in [1.29, 1.82) is 0 Å². The van der Waals surface area contributed by atoms with E-state index < -0.39 is 30.8 Å². The third-order valence-corrected chi connectivity index (χ3v) is 6.09. The zero-order valence-corrected chi connectivity index (χ0v) is 15.0. The molecule has 146 valence electrons. The minimum Gasteiger partial charge on any atom is -0.459 e. The molecule has 0 radical (unpaired) electrons. The number of halogens is 4. The zero-order valence-electron chi connectivity index (χ0n) is 15.0. The molecule has 0 aromatic carbocycles. The van der Waals surface area contributed by atoms with Crippen LogP contribution in [-0.4, -0.2) is 24.9 Å². The third-order valence-electron chi connectivity index (χ3n) is 6.09. The van der Waals surface area contributed by atoms with Gasteiger partial charge in [0.1, 0.15) is 0 Å². The van der Waals surface area contributed by atoms with Gasteiger partial charge in [-0.05, 0) is 56.3 Å². The van der Waals surface area contributed by atoms with Crippen molar-refractivity contribution in [3.63, 3.8) is 0 Å². The summed E-state index contributed by atoms with van der Waals surface area (Å²) in [6.45, 7) is 0.703. The average molecular weight is 366 g/mol. The van der Waals surface area contributed by atoms with Gasteiger partial charge in [0.2, 0.25) is 0 Å². The predicted octanol–water partition coefficient (Wildman–Crippen LogP) is 5.84. The van der Waals surface area contributed by atoms with Gasteiger partial charge in [-0.3, -0.25) is 4.79 Å². The van der Waals surface area contributed by atoms with Crippen LogP contribution < -0.4 is 0 Å². The maximum absolute atomic E-state index is 12.8. The van der Waals surface area contributed by atoms with E-state index in [-0.39, 0.29) is 0 Å². The second-order valence-corrected chi connectivity index (χ2v) is 7.85. The Balaban J connectivity index is 1.70. The summed E-state index contributed by atoms with van der Waals surface area (Å²) in [6.07, 6.45) is 6.92. The lowest BCUT2D eigenvalue weighted by Crippen LogP contribution is -2.35. The van der Waals surface area contributed by atoms with Gasteiger partial charge in [-0.2, -0.15) is 8.78 Å². The molecule has 0 atom stereocenters. The summed E-state index contributed by atoms with van der Waals surface area (Å²) in [6, 6.07) is 0. The lowest BCUT2D eigenvalue weighted by Gasteiger charge is -2.37. The number of ether oxygens (including phenoxy) is 1. The smallest absolute Gasteiger partial charge is 0.340 e. The summed E-state index contributed by atoms with van der Waals surface area (Å²) in [7, 11) is 0. The van der Waals surface area contributed by atoms with Gasteiger partial charge in [0.25, 0.3) is 0 Å². The van der Waals surface area contributed by atoms with Crippen LogP contribution in [0.2, 0.25) is 0 Å². The number of rotatable bonds is 7. The molecule has 0 unspecified atom stereocenters. The normalized spacial score (nSPS) is 31.1. The number of esters is 1. The molecule has 0 N–H and O–H groups in total. The Morgan fingerprint density at radius 3 is 2.00 bits per heavy atom. The second-order valence-electron chi connectivity index (χ2n) is 7.85. The van der Waals surface area contributed by atoms with E-state index in [9.17, 15) is 22.4 Å². The van der Waals surface area contributed by atoms with Crippen LogP contribution in [0.25, 0.3) is 0 Å². The quantitative estimate of drug-likeness (QED) is 0.418. The molecule has 0 spiro atoms. The summed E-state index contributed by atoms with van der Waals surface area (Å²) in [4.78, 5) is 11.9. The molecule has 0 amide bonds. The lowest BCUT2D eigenvalue weighted by molar-refractivity contribution is -0.183. The molecule has 0 aromatic heterocycles. The molecule has 0 aromatic rings. The maximum Gasteiger partial charge on any atom is 0.340 e. The first-order valence-corrected chi connectivity index (χ1v) is 9.66. The van der Waals surface area contributed by atoms with Gasteiger partial charge in [-0.15, -0.1) is 0 Å². The molecule has 2 aliphatic rings. The van der Waals surface area contributed by atoms with Gasteiger partial charge >= 0.3 is 18.3 Å². The van der Waals surface area contributed by atoms with Crippen LogP contribution in [0.1, 0.15) is 71.1 Å². The monoisotopic (exact) mass is 366 g/mol. The summed E-state index contributed by atoms with van der Waals surface area (Å²) in [5.41, 5.74) is 0. The summed E-state index contributed by atoms with van der Waals surface area (Å²) in [5, 5.41) is 0. The van der Waals surface area contributed by atoms with E-state index in [4.69, 9.17) is 0 Å². The van der Waals surface area contributed by atoms with Crippen LogP contribution in [0.4, 0.5) is 17.6 Å². The highest BCUT2D eigenvalue weighted by atomic mass is 19.3. The van der Waals surface area contributed by atoms with Crippen molar-refractivity contribution in [1.82, 2.24) is 0 Å². The zero-order chi connectivity index (χ0) is 18.4. The number of carbonyl (C=O) groups excluding carboxylic acids is 1. The van der Waals surface area contributed by atoms with Crippen molar-refractivity contribution in [2.24, 2.45) is 23.7 Å². The highest BCUT2D eigenvalue weighted by Crippen LogP contribution is 2.42. The number of carbonyl (C=O) groups is 1. The van der Waals surface area contributed by atoms with Crippen molar-refractivity contribution in [2.45, 2.75) is 83.5 Å². The first kappa shape index (κ1) is 20.5. The first-order chi connectivity index (χ1) is 11.8. The van der Waals surface area contributed by atoms with E-state index in [2.05, 4.69) is 11.7 Å². The summed E-state index contributed by atoms with van der Waals surface area (Å²) in [5.74, 6) is -3.23. The SMILES string of the molecule is CCC[C@H]1CC[C@H]([C@H]2CC[C@H](C(=O)OCC(F)(F)C(F)F)CC2)CC1. The van der Waals surface area contributed by atoms with Crippen molar-refractivity contribution in [3.8, 4) is 0 Å². The van der Waals surface area contributed by atoms with Gasteiger partial charge in [-0.25, -0.2) is 8.78 Å². The van der Waals surface area contributed by atoms with Crippen LogP contribution in [-0.2, 0) is 9.53 Å². The third kappa shape index (κ3) is 5.85. The second kappa shape index (κ2) is 9.22. The molecule has 2 fully saturated rings. The van der Waals surface area contributed by atoms with E-state index in [1.165, 1.54) is 38.5 Å². The molecule has 0 heterocycles. The maximum atomic E-state index is 12.8. The molecule has 2 nitrogen and oxygen atoms in total. The first-order valence-electron chi connectivity index (χ1n) is 9.66. The van der Waals surface area contributed by atoms with E-state index >= 15 is 0 Å². The highest BCUT2D eigenvalue weighted by molar-refractivity contribution is 5.72. The van der Waals surface area contributed by atoms with Crippen molar-refractivity contribution in [3.05, 3.63) is 0 Å². The fourth-order valence-corrected chi connectivity index (χ4v) is 4.53. The summed E-state index contributed by atoms with van der Waals surface area (Å²) >= 11 is 0. The van der Waals surface area contributed by atoms with E-state index in [0.29, 0.717) is 24.7 Å². The largest absolute Gasteiger partial charge is 0.459 e. The number of alkyl halides is 4. The predicted molar refractivity (Wildman–Crippen MR) is 87.7 cm³/mol. The van der Waals surface area contributed by atoms with Gasteiger partial charge in [0.05, 0.1) is 5.92 Å². The van der Waals surface area contributed by atoms with Crippen LogP contribution in [0.3, 0.4) is 0 Å². The molecule has 2 saturated carbocycles. The Bertz CT molecular complexity index is 412. The van der Waals surface area contributed by atoms with Crippen molar-refractivity contribution in [2.75, 3.05) is 6.61 Å². The van der Waals surface area contributed by atoms with Crippen molar-refractivity contribution >= 4 is 5.97 Å². The fraction of sp³-hybridized carbons (Fsp3) is 0.947. The molecular weight excluding hydrogens is 336 g/mol. The molecule has 0 saturated heterocycles. The molecule has 0 aliphatic heterocycles. The Morgan fingerprint density at radius 1 is 1.00 bits per heavy atom. The van der Waals surface area contributed by atoms with Gasteiger partial charge < -0.3 is 4.74 Å². The topological polar surface area (TPSA) is 26.3 Å². The van der Waals surface area contributed by atoms with Gasteiger partial charge in [-0.1, -0.05) is 32.6 Å². The van der Waals surface area contributed by atoms with Crippen LogP contribution in [0.15, 0.2) is 0 Å². The minimum atomic E-state index is -4.26. The average Bonchev–Trinajstić information content (AvgIpc) is 2.61. The van der Waals surface area contributed by atoms with Crippen LogP contribution in [0, 0.1) is 23.7 Å². The molecular formula is C19H30F4O2. The number of hydrogen-bond donors (Lipinski definition) is 0. The highest BCUT2D eigenvalue weighted by Gasteiger charge is 2.43. The number of hydrogen-bond acceptors (Lipinski definition) is 2. The van der Waals surface area contributed by atoms with Crippen LogP contribution in [0.5, 0.6) is 0 Å². The van der Waals surface area contributed by atoms with E-state index in [1.807, 2.05) is 0 Å². The Hall–Kier alpha value is -0.810. The van der Waals surface area contributed by atoms with E-state index in [1.54, 1.807) is 0 Å². The molecule has 6 heteroatoms. The minimum absolute atomic E-state index is 0.416. The summed E-state index contributed by atoms with van der Waals surface area (Å²) < 4.78 is 54.3. The Morgan fingerprint density at radius 2 is 1.52 bits per heavy atom.